The smallest absolute Gasteiger partial charge is 0.238 e. The van der Waals surface area contributed by atoms with Crippen molar-refractivity contribution < 1.29 is 14.3 Å². The van der Waals surface area contributed by atoms with Gasteiger partial charge in [0, 0.05) is 17.2 Å². The number of ketones is 1. The Balaban J connectivity index is 1.29. The number of amides is 1. The van der Waals surface area contributed by atoms with Crippen LogP contribution in [-0.2, 0) is 4.79 Å². The van der Waals surface area contributed by atoms with Crippen LogP contribution in [0.15, 0.2) is 48.5 Å². The normalized spacial score (nSPS) is 14.8. The molecule has 2 aromatic carbocycles. The average molecular weight is 451 g/mol. The van der Waals surface area contributed by atoms with Gasteiger partial charge in [-0.2, -0.15) is 0 Å². The number of hydrogen-bond acceptors (Lipinski definition) is 7. The first-order valence-electron chi connectivity index (χ1n) is 10.6. The summed E-state index contributed by atoms with van der Waals surface area (Å²) in [6.45, 7) is 3.55. The SMILES string of the molecule is COc1ccccc1-c1nnc(C2CCN(CC(=O)Nc3ccc(C(C)=O)cc3)CC2)s1. The van der Waals surface area contributed by atoms with E-state index in [0.717, 1.165) is 47.3 Å². The minimum atomic E-state index is -0.0478. The number of anilines is 1. The monoisotopic (exact) mass is 450 g/mol. The number of ether oxygens (including phenoxy) is 1. The Morgan fingerprint density at radius 3 is 2.50 bits per heavy atom. The summed E-state index contributed by atoms with van der Waals surface area (Å²) in [4.78, 5) is 26.0. The van der Waals surface area contributed by atoms with Crippen LogP contribution in [0.3, 0.4) is 0 Å². The fourth-order valence-corrected chi connectivity index (χ4v) is 4.90. The van der Waals surface area contributed by atoms with Crippen molar-refractivity contribution in [2.24, 2.45) is 0 Å². The van der Waals surface area contributed by atoms with E-state index in [1.54, 1.807) is 42.7 Å². The van der Waals surface area contributed by atoms with Gasteiger partial charge >= 0.3 is 0 Å². The Labute approximate surface area is 191 Å². The van der Waals surface area contributed by atoms with Gasteiger partial charge in [0.05, 0.1) is 19.2 Å². The molecule has 8 heteroatoms. The van der Waals surface area contributed by atoms with Crippen LogP contribution in [-0.4, -0.2) is 53.5 Å². The lowest BCUT2D eigenvalue weighted by atomic mass is 9.98. The maximum absolute atomic E-state index is 12.4. The topological polar surface area (TPSA) is 84.4 Å². The van der Waals surface area contributed by atoms with Crippen LogP contribution in [0.2, 0.25) is 0 Å². The van der Waals surface area contributed by atoms with E-state index in [2.05, 4.69) is 20.4 Å². The van der Waals surface area contributed by atoms with E-state index < -0.39 is 0 Å². The zero-order valence-corrected chi connectivity index (χ0v) is 19.0. The number of aromatic nitrogens is 2. The number of nitrogens with zero attached hydrogens (tertiary/aromatic N) is 3. The summed E-state index contributed by atoms with van der Waals surface area (Å²) in [5, 5.41) is 13.7. The summed E-state index contributed by atoms with van der Waals surface area (Å²) in [6.07, 6.45) is 1.89. The zero-order valence-electron chi connectivity index (χ0n) is 18.2. The minimum absolute atomic E-state index is 0.0104. The Hall–Kier alpha value is -3.10. The van der Waals surface area contributed by atoms with Crippen LogP contribution in [0.5, 0.6) is 5.75 Å². The first kappa shape index (κ1) is 22.1. The molecule has 0 bridgehead atoms. The third kappa shape index (κ3) is 5.20. The second-order valence-electron chi connectivity index (χ2n) is 7.88. The number of carbonyl (C=O) groups is 2. The largest absolute Gasteiger partial charge is 0.496 e. The first-order valence-corrected chi connectivity index (χ1v) is 11.4. The van der Waals surface area contributed by atoms with Gasteiger partial charge in [0.2, 0.25) is 5.91 Å². The van der Waals surface area contributed by atoms with Gasteiger partial charge in [-0.15, -0.1) is 10.2 Å². The number of Topliss-reactive ketones (excluding diaryl/α,β-unsaturated/α-hetero) is 1. The zero-order chi connectivity index (χ0) is 22.5. The van der Waals surface area contributed by atoms with Gasteiger partial charge in [-0.3, -0.25) is 14.5 Å². The van der Waals surface area contributed by atoms with Crippen LogP contribution in [0.25, 0.3) is 10.6 Å². The first-order chi connectivity index (χ1) is 15.5. The number of likely N-dealkylation sites (tertiary alicyclic amines) is 1. The highest BCUT2D eigenvalue weighted by molar-refractivity contribution is 7.14. The van der Waals surface area contributed by atoms with Gasteiger partial charge in [-0.1, -0.05) is 23.5 Å². The molecule has 3 aromatic rings. The van der Waals surface area contributed by atoms with Crippen molar-refractivity contribution in [2.45, 2.75) is 25.7 Å². The number of nitrogens with one attached hydrogen (secondary N) is 1. The number of methoxy groups -OCH3 is 1. The third-order valence-electron chi connectivity index (χ3n) is 5.66. The molecule has 0 unspecified atom stereocenters. The number of para-hydroxylation sites is 1. The van der Waals surface area contributed by atoms with E-state index in [9.17, 15) is 9.59 Å². The number of benzene rings is 2. The molecule has 32 heavy (non-hydrogen) atoms. The Morgan fingerprint density at radius 1 is 1.09 bits per heavy atom. The van der Waals surface area contributed by atoms with E-state index in [4.69, 9.17) is 4.74 Å². The second-order valence-corrected chi connectivity index (χ2v) is 8.89. The molecular formula is C24H26N4O3S. The molecule has 0 aliphatic carbocycles. The van der Waals surface area contributed by atoms with Crippen molar-refractivity contribution in [1.82, 2.24) is 15.1 Å². The van der Waals surface area contributed by atoms with E-state index in [1.165, 1.54) is 6.92 Å². The molecule has 4 rings (SSSR count). The van der Waals surface area contributed by atoms with Crippen molar-refractivity contribution >= 4 is 28.7 Å². The van der Waals surface area contributed by atoms with Gasteiger partial charge in [0.25, 0.3) is 0 Å². The maximum atomic E-state index is 12.4. The molecule has 1 fully saturated rings. The highest BCUT2D eigenvalue weighted by Gasteiger charge is 2.25. The summed E-state index contributed by atoms with van der Waals surface area (Å²) in [5.41, 5.74) is 2.30. The van der Waals surface area contributed by atoms with Gasteiger partial charge in [-0.25, -0.2) is 0 Å². The molecular weight excluding hydrogens is 424 g/mol. The molecule has 0 atom stereocenters. The molecule has 2 heterocycles. The number of hydrogen-bond donors (Lipinski definition) is 1. The van der Waals surface area contributed by atoms with Gasteiger partial charge < -0.3 is 10.1 Å². The van der Waals surface area contributed by atoms with Crippen molar-refractivity contribution in [2.75, 3.05) is 32.1 Å². The van der Waals surface area contributed by atoms with Gasteiger partial charge in [0.1, 0.15) is 10.8 Å². The molecule has 1 aromatic heterocycles. The summed E-state index contributed by atoms with van der Waals surface area (Å²) < 4.78 is 5.44. The lowest BCUT2D eigenvalue weighted by Crippen LogP contribution is -2.38. The fourth-order valence-electron chi connectivity index (χ4n) is 3.86. The highest BCUT2D eigenvalue weighted by Crippen LogP contribution is 2.36. The Bertz CT molecular complexity index is 1090. The maximum Gasteiger partial charge on any atom is 0.238 e. The molecule has 1 amide bonds. The predicted octanol–water partition coefficient (Wildman–Crippen LogP) is 4.23. The molecule has 1 aliphatic heterocycles. The summed E-state index contributed by atoms with van der Waals surface area (Å²) in [5.74, 6) is 1.12. The van der Waals surface area contributed by atoms with Crippen molar-refractivity contribution in [3.63, 3.8) is 0 Å². The molecule has 1 N–H and O–H groups in total. The van der Waals surface area contributed by atoms with Crippen LogP contribution < -0.4 is 10.1 Å². The van der Waals surface area contributed by atoms with Crippen LogP contribution in [0, 0.1) is 0 Å². The van der Waals surface area contributed by atoms with E-state index in [0.29, 0.717) is 23.7 Å². The quantitative estimate of drug-likeness (QED) is 0.542. The molecule has 0 spiro atoms. The van der Waals surface area contributed by atoms with Gasteiger partial charge in [-0.05, 0) is 69.3 Å². The molecule has 166 valence electrons. The molecule has 0 saturated carbocycles. The predicted molar refractivity (Wildman–Crippen MR) is 125 cm³/mol. The fraction of sp³-hybridized carbons (Fsp3) is 0.333. The van der Waals surface area contributed by atoms with E-state index in [-0.39, 0.29) is 11.7 Å². The Kier molecular flexibility index (Phi) is 6.92. The molecule has 1 saturated heterocycles. The lowest BCUT2D eigenvalue weighted by molar-refractivity contribution is -0.117. The lowest BCUT2D eigenvalue weighted by Gasteiger charge is -2.30. The minimum Gasteiger partial charge on any atom is -0.496 e. The van der Waals surface area contributed by atoms with E-state index in [1.807, 2.05) is 24.3 Å². The van der Waals surface area contributed by atoms with E-state index >= 15 is 0 Å². The van der Waals surface area contributed by atoms with Crippen molar-refractivity contribution in [3.05, 3.63) is 59.1 Å². The average Bonchev–Trinajstić information content (AvgIpc) is 3.30. The van der Waals surface area contributed by atoms with Crippen molar-refractivity contribution in [1.29, 1.82) is 0 Å². The summed E-state index contributed by atoms with van der Waals surface area (Å²) in [7, 11) is 1.66. The standard InChI is InChI=1S/C24H26N4O3S/c1-16(29)17-7-9-19(10-8-17)25-22(30)15-28-13-11-18(12-14-28)23-26-27-24(32-23)20-5-3-4-6-21(20)31-2/h3-10,18H,11-15H2,1-2H3,(H,25,30). The highest BCUT2D eigenvalue weighted by atomic mass is 32.1. The Morgan fingerprint density at radius 2 is 1.81 bits per heavy atom. The molecule has 1 aliphatic rings. The van der Waals surface area contributed by atoms with Gasteiger partial charge in [0.15, 0.2) is 10.8 Å². The van der Waals surface area contributed by atoms with Crippen LogP contribution in [0.4, 0.5) is 5.69 Å². The summed E-state index contributed by atoms with van der Waals surface area (Å²) >= 11 is 1.62. The molecule has 0 radical (unpaired) electrons. The number of rotatable bonds is 7. The summed E-state index contributed by atoms with van der Waals surface area (Å²) in [6, 6.07) is 14.8. The van der Waals surface area contributed by atoms with Crippen LogP contribution in [0.1, 0.15) is 41.0 Å². The third-order valence-corrected chi connectivity index (χ3v) is 6.78. The van der Waals surface area contributed by atoms with Crippen LogP contribution >= 0.6 is 11.3 Å². The van der Waals surface area contributed by atoms with Crippen molar-refractivity contribution in [3.8, 4) is 16.3 Å². The number of carbonyl (C=O) groups excluding carboxylic acids is 2. The second kappa shape index (κ2) is 10.0. The number of piperidine rings is 1. The molecule has 7 nitrogen and oxygen atoms in total.